The molecule has 0 heterocycles. The number of ether oxygens (including phenoxy) is 1. The third kappa shape index (κ3) is 3.27. The molecule has 3 heteroatoms. The van der Waals surface area contributed by atoms with E-state index in [0.29, 0.717) is 11.3 Å². The van der Waals surface area contributed by atoms with Crippen LogP contribution in [0.4, 0.5) is 5.69 Å². The van der Waals surface area contributed by atoms with Gasteiger partial charge in [0, 0.05) is 5.69 Å². The third-order valence-corrected chi connectivity index (χ3v) is 2.33. The molecule has 82 valence electrons. The standard InChI is InChI=1S/C12H17NO2/c1-3-11(4-2)15-12(14)9-5-7-10(13)8-6-9/h5-8,11H,3-4,13H2,1-2H3. The van der Waals surface area contributed by atoms with E-state index in [1.54, 1.807) is 24.3 Å². The first kappa shape index (κ1) is 11.6. The van der Waals surface area contributed by atoms with E-state index in [9.17, 15) is 4.79 Å². The van der Waals surface area contributed by atoms with Crippen molar-refractivity contribution in [3.05, 3.63) is 29.8 Å². The minimum Gasteiger partial charge on any atom is -0.459 e. The maximum absolute atomic E-state index is 11.6. The van der Waals surface area contributed by atoms with Gasteiger partial charge < -0.3 is 10.5 Å². The highest BCUT2D eigenvalue weighted by atomic mass is 16.5. The molecule has 0 saturated carbocycles. The van der Waals surface area contributed by atoms with Gasteiger partial charge in [0.15, 0.2) is 0 Å². The number of carbonyl (C=O) groups excluding carboxylic acids is 1. The second-order valence-corrected chi connectivity index (χ2v) is 3.47. The molecule has 0 spiro atoms. The average molecular weight is 207 g/mol. The van der Waals surface area contributed by atoms with Crippen molar-refractivity contribution < 1.29 is 9.53 Å². The highest BCUT2D eigenvalue weighted by Crippen LogP contribution is 2.10. The summed E-state index contributed by atoms with van der Waals surface area (Å²) >= 11 is 0. The lowest BCUT2D eigenvalue weighted by Crippen LogP contribution is -2.16. The van der Waals surface area contributed by atoms with Gasteiger partial charge in [-0.1, -0.05) is 13.8 Å². The first-order valence-corrected chi connectivity index (χ1v) is 5.23. The van der Waals surface area contributed by atoms with Crippen molar-refractivity contribution in [1.82, 2.24) is 0 Å². The summed E-state index contributed by atoms with van der Waals surface area (Å²) in [6, 6.07) is 6.76. The molecular weight excluding hydrogens is 190 g/mol. The summed E-state index contributed by atoms with van der Waals surface area (Å²) in [6.07, 6.45) is 1.70. The SMILES string of the molecule is CCC(CC)OC(=O)c1ccc(N)cc1. The van der Waals surface area contributed by atoms with Crippen LogP contribution in [0, 0.1) is 0 Å². The van der Waals surface area contributed by atoms with Gasteiger partial charge in [0.2, 0.25) is 0 Å². The number of nitrogen functional groups attached to an aromatic ring is 1. The molecule has 0 amide bonds. The topological polar surface area (TPSA) is 52.3 Å². The largest absolute Gasteiger partial charge is 0.459 e. The summed E-state index contributed by atoms with van der Waals surface area (Å²) in [4.78, 5) is 11.6. The average Bonchev–Trinajstić information content (AvgIpc) is 2.26. The van der Waals surface area contributed by atoms with Gasteiger partial charge in [0.1, 0.15) is 6.10 Å². The highest BCUT2D eigenvalue weighted by Gasteiger charge is 2.12. The zero-order valence-corrected chi connectivity index (χ0v) is 9.19. The fraction of sp³-hybridized carbons (Fsp3) is 0.417. The predicted octanol–water partition coefficient (Wildman–Crippen LogP) is 2.61. The molecule has 0 atom stereocenters. The molecule has 0 aliphatic heterocycles. The fourth-order valence-electron chi connectivity index (χ4n) is 1.29. The van der Waals surface area contributed by atoms with Gasteiger partial charge in [-0.05, 0) is 37.1 Å². The fourth-order valence-corrected chi connectivity index (χ4v) is 1.29. The van der Waals surface area contributed by atoms with E-state index in [2.05, 4.69) is 0 Å². The number of hydrogen-bond acceptors (Lipinski definition) is 3. The molecule has 0 aromatic heterocycles. The van der Waals surface area contributed by atoms with E-state index in [1.165, 1.54) is 0 Å². The van der Waals surface area contributed by atoms with Crippen LogP contribution >= 0.6 is 0 Å². The van der Waals surface area contributed by atoms with Gasteiger partial charge >= 0.3 is 5.97 Å². The first-order chi connectivity index (χ1) is 7.17. The summed E-state index contributed by atoms with van der Waals surface area (Å²) in [5.41, 5.74) is 6.73. The van der Waals surface area contributed by atoms with Crippen LogP contribution in [0.1, 0.15) is 37.0 Å². The normalized spacial score (nSPS) is 10.3. The maximum atomic E-state index is 11.6. The highest BCUT2D eigenvalue weighted by molar-refractivity contribution is 5.89. The smallest absolute Gasteiger partial charge is 0.338 e. The molecule has 0 unspecified atom stereocenters. The number of esters is 1. The Morgan fingerprint density at radius 1 is 1.27 bits per heavy atom. The Morgan fingerprint density at radius 3 is 2.27 bits per heavy atom. The summed E-state index contributed by atoms with van der Waals surface area (Å²) in [7, 11) is 0. The van der Waals surface area contributed by atoms with Crippen LogP contribution in [0.3, 0.4) is 0 Å². The third-order valence-electron chi connectivity index (χ3n) is 2.33. The van der Waals surface area contributed by atoms with E-state index < -0.39 is 0 Å². The van der Waals surface area contributed by atoms with E-state index in [1.807, 2.05) is 13.8 Å². The van der Waals surface area contributed by atoms with Crippen molar-refractivity contribution in [3.8, 4) is 0 Å². The van der Waals surface area contributed by atoms with Gasteiger partial charge in [-0.15, -0.1) is 0 Å². The van der Waals surface area contributed by atoms with Crippen molar-refractivity contribution in [3.63, 3.8) is 0 Å². The Labute approximate surface area is 90.2 Å². The summed E-state index contributed by atoms with van der Waals surface area (Å²) in [5.74, 6) is -0.274. The van der Waals surface area contributed by atoms with Crippen LogP contribution in [0.5, 0.6) is 0 Å². The summed E-state index contributed by atoms with van der Waals surface area (Å²) in [5, 5.41) is 0. The summed E-state index contributed by atoms with van der Waals surface area (Å²) in [6.45, 7) is 4.01. The van der Waals surface area contributed by atoms with Crippen molar-refractivity contribution in [1.29, 1.82) is 0 Å². The van der Waals surface area contributed by atoms with Gasteiger partial charge in [-0.25, -0.2) is 4.79 Å². The number of rotatable bonds is 4. The van der Waals surface area contributed by atoms with Crippen LogP contribution in [0.2, 0.25) is 0 Å². The Balaban J connectivity index is 2.64. The molecule has 15 heavy (non-hydrogen) atoms. The van der Waals surface area contributed by atoms with Crippen molar-refractivity contribution in [2.75, 3.05) is 5.73 Å². The molecule has 0 aliphatic rings. The van der Waals surface area contributed by atoms with Crippen LogP contribution < -0.4 is 5.73 Å². The quantitative estimate of drug-likeness (QED) is 0.610. The van der Waals surface area contributed by atoms with Crippen LogP contribution in [-0.2, 0) is 4.74 Å². The van der Waals surface area contributed by atoms with Crippen LogP contribution in [-0.4, -0.2) is 12.1 Å². The first-order valence-electron chi connectivity index (χ1n) is 5.23. The molecule has 3 nitrogen and oxygen atoms in total. The molecule has 1 aromatic rings. The number of carbonyl (C=O) groups is 1. The monoisotopic (exact) mass is 207 g/mol. The van der Waals surface area contributed by atoms with E-state index in [4.69, 9.17) is 10.5 Å². The zero-order valence-electron chi connectivity index (χ0n) is 9.19. The molecule has 1 aromatic carbocycles. The zero-order chi connectivity index (χ0) is 11.3. The molecule has 2 N–H and O–H groups in total. The molecule has 0 saturated heterocycles. The minimum absolute atomic E-state index is 0.00931. The number of nitrogens with two attached hydrogens (primary N) is 1. The van der Waals surface area contributed by atoms with E-state index in [-0.39, 0.29) is 12.1 Å². The molecule has 0 bridgehead atoms. The number of hydrogen-bond donors (Lipinski definition) is 1. The lowest BCUT2D eigenvalue weighted by Gasteiger charge is -2.13. The summed E-state index contributed by atoms with van der Waals surface area (Å²) < 4.78 is 5.29. The Bertz CT molecular complexity index is 315. The van der Waals surface area contributed by atoms with Gasteiger partial charge in [0.05, 0.1) is 5.56 Å². The van der Waals surface area contributed by atoms with Gasteiger partial charge in [-0.2, -0.15) is 0 Å². The Morgan fingerprint density at radius 2 is 1.80 bits per heavy atom. The van der Waals surface area contributed by atoms with Crippen LogP contribution in [0.15, 0.2) is 24.3 Å². The van der Waals surface area contributed by atoms with Gasteiger partial charge in [-0.3, -0.25) is 0 Å². The Kier molecular flexibility index (Phi) is 4.16. The van der Waals surface area contributed by atoms with Crippen molar-refractivity contribution in [2.45, 2.75) is 32.8 Å². The van der Waals surface area contributed by atoms with E-state index in [0.717, 1.165) is 12.8 Å². The lowest BCUT2D eigenvalue weighted by atomic mass is 10.2. The molecule has 0 aliphatic carbocycles. The predicted molar refractivity (Wildman–Crippen MR) is 60.6 cm³/mol. The lowest BCUT2D eigenvalue weighted by molar-refractivity contribution is 0.0284. The molecular formula is C12H17NO2. The van der Waals surface area contributed by atoms with E-state index >= 15 is 0 Å². The van der Waals surface area contributed by atoms with Crippen molar-refractivity contribution in [2.24, 2.45) is 0 Å². The second kappa shape index (κ2) is 5.39. The molecule has 1 rings (SSSR count). The second-order valence-electron chi connectivity index (χ2n) is 3.47. The van der Waals surface area contributed by atoms with Crippen molar-refractivity contribution >= 4 is 11.7 Å². The molecule has 0 fully saturated rings. The maximum Gasteiger partial charge on any atom is 0.338 e. The van der Waals surface area contributed by atoms with Gasteiger partial charge in [0.25, 0.3) is 0 Å². The minimum atomic E-state index is -0.274. The Hall–Kier alpha value is -1.51. The molecule has 0 radical (unpaired) electrons. The number of benzene rings is 1. The van der Waals surface area contributed by atoms with Crippen LogP contribution in [0.25, 0.3) is 0 Å². The number of anilines is 1.